The molecule has 1 atom stereocenters. The van der Waals surface area contributed by atoms with Crippen molar-refractivity contribution in [3.05, 3.63) is 47.0 Å². The number of hydrogen-bond acceptors (Lipinski definition) is 6. The fraction of sp³-hybridized carbons (Fsp3) is 0.316. The van der Waals surface area contributed by atoms with Crippen molar-refractivity contribution in [1.82, 2.24) is 0 Å². The molecule has 0 saturated carbocycles. The summed E-state index contributed by atoms with van der Waals surface area (Å²) in [4.78, 5) is 12.1. The molecule has 0 amide bonds. The summed E-state index contributed by atoms with van der Waals surface area (Å²) < 4.78 is 26.9. The fourth-order valence-electron chi connectivity index (χ4n) is 2.99. The maximum Gasteiger partial charge on any atom is 0.311 e. The van der Waals surface area contributed by atoms with E-state index in [-0.39, 0.29) is 12.4 Å². The van der Waals surface area contributed by atoms with E-state index in [9.17, 15) is 4.79 Å². The zero-order chi connectivity index (χ0) is 18.0. The Morgan fingerprint density at radius 3 is 2.08 bits per heavy atom. The maximum atomic E-state index is 12.1. The molecule has 132 valence electrons. The zero-order valence-corrected chi connectivity index (χ0v) is 14.6. The first-order valence-electron chi connectivity index (χ1n) is 7.77. The Bertz CT molecular complexity index is 799. The molecule has 0 bridgehead atoms. The number of rotatable bonds is 5. The minimum absolute atomic E-state index is 0.194. The van der Waals surface area contributed by atoms with Crippen LogP contribution in [0.15, 0.2) is 30.3 Å². The Morgan fingerprint density at radius 2 is 1.44 bits per heavy atom. The van der Waals surface area contributed by atoms with Gasteiger partial charge in [-0.15, -0.1) is 0 Å². The summed E-state index contributed by atoms with van der Waals surface area (Å²) in [6.45, 7) is 0. The van der Waals surface area contributed by atoms with Crippen LogP contribution in [0.4, 0.5) is 0 Å². The van der Waals surface area contributed by atoms with Crippen LogP contribution in [-0.4, -0.2) is 34.4 Å². The van der Waals surface area contributed by atoms with Gasteiger partial charge < -0.3 is 23.7 Å². The predicted molar refractivity (Wildman–Crippen MR) is 90.7 cm³/mol. The number of esters is 1. The maximum absolute atomic E-state index is 12.1. The highest BCUT2D eigenvalue weighted by Crippen LogP contribution is 2.41. The van der Waals surface area contributed by atoms with Crippen LogP contribution < -0.4 is 18.9 Å². The fourth-order valence-corrected chi connectivity index (χ4v) is 2.99. The van der Waals surface area contributed by atoms with Gasteiger partial charge in [-0.25, -0.2) is 0 Å². The third-order valence-corrected chi connectivity index (χ3v) is 4.22. The van der Waals surface area contributed by atoms with Crippen LogP contribution in [0.3, 0.4) is 0 Å². The summed E-state index contributed by atoms with van der Waals surface area (Å²) in [6.07, 6.45) is -0.352. The van der Waals surface area contributed by atoms with Gasteiger partial charge in [0.1, 0.15) is 0 Å². The molecule has 1 unspecified atom stereocenters. The Kier molecular flexibility index (Phi) is 4.70. The van der Waals surface area contributed by atoms with E-state index in [2.05, 4.69) is 0 Å². The Labute approximate surface area is 146 Å². The normalized spacial score (nSPS) is 15.8. The van der Waals surface area contributed by atoms with Crippen LogP contribution in [0.25, 0.3) is 0 Å². The van der Waals surface area contributed by atoms with Gasteiger partial charge in [0, 0.05) is 11.1 Å². The highest BCUT2D eigenvalue weighted by atomic mass is 16.5. The number of methoxy groups -OCH3 is 4. The van der Waals surface area contributed by atoms with Crippen LogP contribution in [-0.2, 0) is 16.0 Å². The van der Waals surface area contributed by atoms with Crippen molar-refractivity contribution >= 4 is 5.97 Å². The van der Waals surface area contributed by atoms with Gasteiger partial charge >= 0.3 is 5.97 Å². The average Bonchev–Trinajstić information content (AvgIpc) is 2.65. The number of ether oxygens (including phenoxy) is 5. The Morgan fingerprint density at radius 1 is 0.840 bits per heavy atom. The minimum Gasteiger partial charge on any atom is -0.493 e. The first-order valence-corrected chi connectivity index (χ1v) is 7.77. The molecule has 0 N–H and O–H groups in total. The quantitative estimate of drug-likeness (QED) is 0.777. The minimum atomic E-state index is -0.545. The lowest BCUT2D eigenvalue weighted by molar-refractivity contribution is -0.148. The van der Waals surface area contributed by atoms with Crippen molar-refractivity contribution in [1.29, 1.82) is 0 Å². The van der Waals surface area contributed by atoms with Crippen molar-refractivity contribution in [2.45, 2.75) is 12.5 Å². The van der Waals surface area contributed by atoms with Crippen molar-refractivity contribution in [2.75, 3.05) is 28.4 Å². The summed E-state index contributed by atoms with van der Waals surface area (Å²) in [5.41, 5.74) is 2.51. The second kappa shape index (κ2) is 6.93. The van der Waals surface area contributed by atoms with Crippen molar-refractivity contribution in [2.24, 2.45) is 0 Å². The van der Waals surface area contributed by atoms with Gasteiger partial charge in [-0.3, -0.25) is 4.79 Å². The summed E-state index contributed by atoms with van der Waals surface area (Å²) >= 11 is 0. The first-order chi connectivity index (χ1) is 12.1. The topological polar surface area (TPSA) is 63.2 Å². The molecule has 25 heavy (non-hydrogen) atoms. The number of carbonyl (C=O) groups is 1. The van der Waals surface area contributed by atoms with E-state index in [0.717, 1.165) is 16.7 Å². The molecular formula is C19H20O6. The highest BCUT2D eigenvalue weighted by molar-refractivity contribution is 5.77. The van der Waals surface area contributed by atoms with E-state index < -0.39 is 6.10 Å². The molecule has 1 aliphatic rings. The SMILES string of the molecule is COc1ccc(C2OC(=O)Cc3cc(OC)c(OC)cc32)cc1OC. The third-order valence-electron chi connectivity index (χ3n) is 4.22. The third kappa shape index (κ3) is 3.07. The Hall–Kier alpha value is -2.89. The molecule has 0 spiro atoms. The van der Waals surface area contributed by atoms with E-state index in [1.165, 1.54) is 0 Å². The predicted octanol–water partition coefficient (Wildman–Crippen LogP) is 2.91. The van der Waals surface area contributed by atoms with Crippen LogP contribution in [0.2, 0.25) is 0 Å². The van der Waals surface area contributed by atoms with E-state index in [1.807, 2.05) is 24.3 Å². The summed E-state index contributed by atoms with van der Waals surface area (Å²) in [6, 6.07) is 9.12. The van der Waals surface area contributed by atoms with Gasteiger partial charge in [-0.1, -0.05) is 6.07 Å². The molecular weight excluding hydrogens is 324 g/mol. The van der Waals surface area contributed by atoms with Gasteiger partial charge in [-0.2, -0.15) is 0 Å². The number of carbonyl (C=O) groups excluding carboxylic acids is 1. The number of benzene rings is 2. The van der Waals surface area contributed by atoms with Crippen LogP contribution >= 0.6 is 0 Å². The van der Waals surface area contributed by atoms with Gasteiger partial charge in [-0.05, 0) is 29.8 Å². The van der Waals surface area contributed by atoms with Crippen molar-refractivity contribution in [3.63, 3.8) is 0 Å². The molecule has 1 aliphatic heterocycles. The second-order valence-electron chi connectivity index (χ2n) is 5.57. The molecule has 0 aliphatic carbocycles. The van der Waals surface area contributed by atoms with E-state index >= 15 is 0 Å². The Balaban J connectivity index is 2.11. The van der Waals surface area contributed by atoms with Gasteiger partial charge in [0.05, 0.1) is 34.9 Å². The summed E-state index contributed by atoms with van der Waals surface area (Å²) in [7, 11) is 6.28. The number of hydrogen-bond donors (Lipinski definition) is 0. The molecule has 6 nitrogen and oxygen atoms in total. The molecule has 0 radical (unpaired) electrons. The standard InChI is InChI=1S/C19H20O6/c1-21-14-6-5-11(7-15(14)22-2)19-13-10-17(24-4)16(23-3)8-12(13)9-18(20)25-19/h5-8,10,19H,9H2,1-4H3. The average molecular weight is 344 g/mol. The second-order valence-corrected chi connectivity index (χ2v) is 5.57. The molecule has 0 saturated heterocycles. The molecule has 1 heterocycles. The summed E-state index contributed by atoms with van der Waals surface area (Å²) in [5.74, 6) is 2.07. The molecule has 0 fully saturated rings. The van der Waals surface area contributed by atoms with E-state index in [0.29, 0.717) is 23.0 Å². The highest BCUT2D eigenvalue weighted by Gasteiger charge is 2.30. The zero-order valence-electron chi connectivity index (χ0n) is 14.6. The van der Waals surface area contributed by atoms with E-state index in [4.69, 9.17) is 23.7 Å². The van der Waals surface area contributed by atoms with Crippen molar-refractivity contribution in [3.8, 4) is 23.0 Å². The van der Waals surface area contributed by atoms with Gasteiger partial charge in [0.25, 0.3) is 0 Å². The van der Waals surface area contributed by atoms with Crippen LogP contribution in [0.5, 0.6) is 23.0 Å². The van der Waals surface area contributed by atoms with Crippen LogP contribution in [0, 0.1) is 0 Å². The lowest BCUT2D eigenvalue weighted by atomic mass is 9.92. The largest absolute Gasteiger partial charge is 0.493 e. The van der Waals surface area contributed by atoms with Gasteiger partial charge in [0.15, 0.2) is 29.1 Å². The van der Waals surface area contributed by atoms with Crippen LogP contribution in [0.1, 0.15) is 22.8 Å². The number of cyclic esters (lactones) is 1. The smallest absolute Gasteiger partial charge is 0.311 e. The lowest BCUT2D eigenvalue weighted by Gasteiger charge is -2.27. The summed E-state index contributed by atoms with van der Waals surface area (Å²) in [5, 5.41) is 0. The lowest BCUT2D eigenvalue weighted by Crippen LogP contribution is -2.22. The monoisotopic (exact) mass is 344 g/mol. The molecule has 0 aromatic heterocycles. The molecule has 6 heteroatoms. The number of fused-ring (bicyclic) bond motifs is 1. The molecule has 3 rings (SSSR count). The molecule has 2 aromatic carbocycles. The van der Waals surface area contributed by atoms with Crippen molar-refractivity contribution < 1.29 is 28.5 Å². The molecule has 2 aromatic rings. The first kappa shape index (κ1) is 17.0. The van der Waals surface area contributed by atoms with E-state index in [1.54, 1.807) is 34.5 Å². The van der Waals surface area contributed by atoms with Gasteiger partial charge in [0.2, 0.25) is 0 Å².